The van der Waals surface area contributed by atoms with Gasteiger partial charge >= 0.3 is 6.09 Å². The van der Waals surface area contributed by atoms with E-state index in [9.17, 15) is 4.79 Å². The van der Waals surface area contributed by atoms with Crippen LogP contribution in [0.3, 0.4) is 0 Å². The molecule has 2 heterocycles. The second kappa shape index (κ2) is 13.6. The largest absolute Gasteiger partial charge is 0.473 e. The van der Waals surface area contributed by atoms with Crippen LogP contribution in [-0.2, 0) is 18.0 Å². The summed E-state index contributed by atoms with van der Waals surface area (Å²) >= 11 is 0. The molecule has 1 aliphatic heterocycles. The highest BCUT2D eigenvalue weighted by Gasteiger charge is 2.25. The number of rotatable bonds is 9. The number of pyridine rings is 1. The molecule has 3 aromatic carbocycles. The van der Waals surface area contributed by atoms with Crippen molar-refractivity contribution >= 4 is 23.0 Å². The van der Waals surface area contributed by atoms with E-state index < -0.39 is 23.3 Å². The summed E-state index contributed by atoms with van der Waals surface area (Å²) in [5.74, 6) is -0.724. The molecule has 1 N–H and O–H groups in total. The molecule has 5 rings (SSSR count). The highest BCUT2D eigenvalue weighted by atomic mass is 19.1. The molecule has 0 fully saturated rings. The molecule has 0 saturated carbocycles. The molecular formula is C35H35F2N3O4. The average Bonchev–Trinajstić information content (AvgIpc) is 3.01. The number of hydrogen-bond donors (Lipinski definition) is 1. The van der Waals surface area contributed by atoms with E-state index in [-0.39, 0.29) is 30.3 Å². The maximum atomic E-state index is 15.4. The molecule has 44 heavy (non-hydrogen) atoms. The third-order valence-corrected chi connectivity index (χ3v) is 6.82. The van der Waals surface area contributed by atoms with Crippen molar-refractivity contribution in [2.75, 3.05) is 18.4 Å². The SMILES string of the molecule is CC(C)(C)OC(=O)N1CC=C(c2cc(F)c(Nc3ccc(OCc4ccccc4)nc3OCc3ccccc3)cc2F)CC1. The van der Waals surface area contributed by atoms with Crippen LogP contribution in [0.4, 0.5) is 25.0 Å². The summed E-state index contributed by atoms with van der Waals surface area (Å²) in [4.78, 5) is 18.4. The molecular weight excluding hydrogens is 564 g/mol. The highest BCUT2D eigenvalue weighted by Crippen LogP contribution is 2.34. The number of hydrogen-bond acceptors (Lipinski definition) is 6. The first kappa shape index (κ1) is 30.5. The molecule has 0 saturated heterocycles. The van der Waals surface area contributed by atoms with Crippen LogP contribution in [0.2, 0.25) is 0 Å². The van der Waals surface area contributed by atoms with Gasteiger partial charge in [-0.15, -0.1) is 0 Å². The molecule has 1 aliphatic rings. The minimum Gasteiger partial charge on any atom is -0.473 e. The van der Waals surface area contributed by atoms with Crippen molar-refractivity contribution in [3.8, 4) is 11.8 Å². The van der Waals surface area contributed by atoms with Crippen LogP contribution in [0.5, 0.6) is 11.8 Å². The van der Waals surface area contributed by atoms with Gasteiger partial charge in [-0.2, -0.15) is 4.98 Å². The number of halogens is 2. The van der Waals surface area contributed by atoms with Crippen LogP contribution in [0.15, 0.2) is 91.0 Å². The van der Waals surface area contributed by atoms with Gasteiger partial charge in [-0.3, -0.25) is 0 Å². The third-order valence-electron chi connectivity index (χ3n) is 6.82. The summed E-state index contributed by atoms with van der Waals surface area (Å²) in [6.07, 6.45) is 1.66. The van der Waals surface area contributed by atoms with E-state index >= 15 is 8.78 Å². The predicted molar refractivity (Wildman–Crippen MR) is 166 cm³/mol. The Balaban J connectivity index is 1.33. The zero-order valence-corrected chi connectivity index (χ0v) is 25.0. The fourth-order valence-electron chi connectivity index (χ4n) is 4.61. The van der Waals surface area contributed by atoms with E-state index in [1.165, 1.54) is 11.0 Å². The van der Waals surface area contributed by atoms with Crippen LogP contribution >= 0.6 is 0 Å². The van der Waals surface area contributed by atoms with Gasteiger partial charge in [0.05, 0.1) is 5.69 Å². The number of amides is 1. The summed E-state index contributed by atoms with van der Waals surface area (Å²) in [7, 11) is 0. The van der Waals surface area contributed by atoms with Crippen LogP contribution in [0, 0.1) is 11.6 Å². The Hall–Kier alpha value is -4.92. The van der Waals surface area contributed by atoms with Gasteiger partial charge in [0.1, 0.15) is 36.1 Å². The maximum absolute atomic E-state index is 15.4. The normalized spacial score (nSPS) is 13.2. The Kier molecular flexibility index (Phi) is 9.43. The average molecular weight is 600 g/mol. The standard InChI is InChI=1S/C35H35F2N3O4/c1-35(2,3)44-34(41)40-18-16-26(17-19-40)27-20-29(37)31(21-28(27)36)38-30-14-15-32(42-22-24-10-6-4-7-11-24)39-33(30)43-23-25-12-8-5-9-13-25/h4-16,20-21,38H,17-19,22-23H2,1-3H3. The quantitative estimate of drug-likeness (QED) is 0.209. The fourth-order valence-corrected chi connectivity index (χ4v) is 4.61. The Labute approximate surface area is 256 Å². The summed E-state index contributed by atoms with van der Waals surface area (Å²) in [6, 6.07) is 24.8. The first-order chi connectivity index (χ1) is 21.1. The zero-order chi connectivity index (χ0) is 31.1. The van der Waals surface area contributed by atoms with Gasteiger partial charge in [0.25, 0.3) is 0 Å². The number of aromatic nitrogens is 1. The second-order valence-electron chi connectivity index (χ2n) is 11.4. The van der Waals surface area contributed by atoms with Gasteiger partial charge in [-0.05, 0) is 56.0 Å². The minimum atomic E-state index is -0.643. The topological polar surface area (TPSA) is 72.9 Å². The van der Waals surface area contributed by atoms with E-state index in [0.29, 0.717) is 36.7 Å². The van der Waals surface area contributed by atoms with E-state index in [1.807, 2.05) is 60.7 Å². The van der Waals surface area contributed by atoms with Crippen molar-refractivity contribution < 1.29 is 27.8 Å². The fraction of sp³-hybridized carbons (Fsp3) is 0.257. The van der Waals surface area contributed by atoms with Crippen LogP contribution < -0.4 is 14.8 Å². The lowest BCUT2D eigenvalue weighted by Crippen LogP contribution is -2.39. The van der Waals surface area contributed by atoms with Gasteiger partial charge < -0.3 is 24.4 Å². The van der Waals surface area contributed by atoms with Crippen molar-refractivity contribution in [3.05, 3.63) is 119 Å². The molecule has 1 amide bonds. The van der Waals surface area contributed by atoms with Gasteiger partial charge in [-0.25, -0.2) is 13.6 Å². The van der Waals surface area contributed by atoms with Crippen molar-refractivity contribution in [2.24, 2.45) is 0 Å². The lowest BCUT2D eigenvalue weighted by Gasteiger charge is -2.29. The number of nitrogens with zero attached hydrogens (tertiary/aromatic N) is 2. The molecule has 0 radical (unpaired) electrons. The second-order valence-corrected chi connectivity index (χ2v) is 11.4. The molecule has 4 aromatic rings. The molecule has 7 nitrogen and oxygen atoms in total. The Morgan fingerprint density at radius 1 is 0.864 bits per heavy atom. The van der Waals surface area contributed by atoms with Gasteiger partial charge in [0, 0.05) is 30.8 Å². The van der Waals surface area contributed by atoms with Crippen molar-refractivity contribution in [1.82, 2.24) is 9.88 Å². The summed E-state index contributed by atoms with van der Waals surface area (Å²) < 4.78 is 48.1. The van der Waals surface area contributed by atoms with Crippen LogP contribution in [0.25, 0.3) is 5.57 Å². The van der Waals surface area contributed by atoms with E-state index in [0.717, 1.165) is 17.2 Å². The van der Waals surface area contributed by atoms with E-state index in [2.05, 4.69) is 10.3 Å². The molecule has 228 valence electrons. The number of carbonyl (C=O) groups excluding carboxylic acids is 1. The molecule has 9 heteroatoms. The Morgan fingerprint density at radius 2 is 1.52 bits per heavy atom. The Bertz CT molecular complexity index is 1620. The molecule has 0 bridgehead atoms. The zero-order valence-electron chi connectivity index (χ0n) is 25.0. The smallest absolute Gasteiger partial charge is 0.410 e. The highest BCUT2D eigenvalue weighted by molar-refractivity contribution is 5.74. The number of benzene rings is 3. The molecule has 0 aliphatic carbocycles. The molecule has 1 aromatic heterocycles. The third kappa shape index (κ3) is 8.12. The first-order valence-electron chi connectivity index (χ1n) is 14.4. The van der Waals surface area contributed by atoms with Crippen molar-refractivity contribution in [1.29, 1.82) is 0 Å². The van der Waals surface area contributed by atoms with Crippen molar-refractivity contribution in [3.63, 3.8) is 0 Å². The summed E-state index contributed by atoms with van der Waals surface area (Å²) in [5.41, 5.74) is 2.35. The number of carbonyl (C=O) groups is 1. The van der Waals surface area contributed by atoms with Crippen LogP contribution in [0.1, 0.15) is 43.9 Å². The molecule has 0 spiro atoms. The molecule has 0 unspecified atom stereocenters. The number of nitrogens with one attached hydrogen (secondary N) is 1. The van der Waals surface area contributed by atoms with Gasteiger partial charge in [-0.1, -0.05) is 66.7 Å². The van der Waals surface area contributed by atoms with Crippen LogP contribution in [-0.4, -0.2) is 34.7 Å². The maximum Gasteiger partial charge on any atom is 0.410 e. The first-order valence-corrected chi connectivity index (χ1v) is 14.4. The van der Waals surface area contributed by atoms with E-state index in [4.69, 9.17) is 14.2 Å². The minimum absolute atomic E-state index is 0.0673. The lowest BCUT2D eigenvalue weighted by molar-refractivity contribution is 0.0270. The number of anilines is 2. The lowest BCUT2D eigenvalue weighted by atomic mass is 9.98. The van der Waals surface area contributed by atoms with Gasteiger partial charge in [0.15, 0.2) is 0 Å². The van der Waals surface area contributed by atoms with Gasteiger partial charge in [0.2, 0.25) is 11.8 Å². The number of ether oxygens (including phenoxy) is 3. The summed E-state index contributed by atoms with van der Waals surface area (Å²) in [6.45, 7) is 6.51. The van der Waals surface area contributed by atoms with Crippen molar-refractivity contribution in [2.45, 2.75) is 46.0 Å². The molecule has 0 atom stereocenters. The predicted octanol–water partition coefficient (Wildman–Crippen LogP) is 8.29. The summed E-state index contributed by atoms with van der Waals surface area (Å²) in [5, 5.41) is 2.95. The van der Waals surface area contributed by atoms with E-state index in [1.54, 1.807) is 39.0 Å². The Morgan fingerprint density at radius 3 is 2.14 bits per heavy atom. The monoisotopic (exact) mass is 599 g/mol.